The fourth-order valence-corrected chi connectivity index (χ4v) is 5.00. The summed E-state index contributed by atoms with van der Waals surface area (Å²) in [6, 6.07) is 2.33. The standard InChI is InChI=1S/C29H40N4O6S2/c1-6-8-12-25(35)41-13-10-9-11-20-15-24(34)30-17-19-14-21(40-5)16-23(31-19)28(37)32-22(7-2)27(36)33-26(18(3)4)29(38)39-20/h7,9,11,14,16,18,20,26H,6,8,10,12-13,15,17H2,1-5H3,(H,30,34)(H,32,37)(H,33,36)/b11-9+,22-7-/t20-,26+/m1/s1. The maximum atomic E-state index is 13.2. The van der Waals surface area contributed by atoms with Crippen LogP contribution in [0.15, 0.2) is 41.0 Å². The van der Waals surface area contributed by atoms with Gasteiger partial charge in [-0.25, -0.2) is 9.78 Å². The molecule has 41 heavy (non-hydrogen) atoms. The molecule has 1 aliphatic heterocycles. The number of allylic oxidation sites excluding steroid dienone is 2. The molecule has 224 valence electrons. The maximum Gasteiger partial charge on any atom is 0.329 e. The Balaban J connectivity index is 2.31. The SMILES string of the molecule is C/C=C1\NC(=O)c2cc(SC)cc(n2)CNC(=O)C[C@@H](/C=C/CCSC(=O)CCCC)OC(=O)[C@H](C(C)C)NC1=O. The van der Waals surface area contributed by atoms with E-state index < -0.39 is 29.9 Å². The maximum absolute atomic E-state index is 13.2. The van der Waals surface area contributed by atoms with E-state index in [1.165, 1.54) is 29.6 Å². The molecule has 0 aliphatic carbocycles. The van der Waals surface area contributed by atoms with Crippen LogP contribution in [0.3, 0.4) is 0 Å². The minimum absolute atomic E-state index is 0.0332. The van der Waals surface area contributed by atoms with E-state index >= 15 is 0 Å². The highest BCUT2D eigenvalue weighted by atomic mass is 32.2. The van der Waals surface area contributed by atoms with Gasteiger partial charge in [0.15, 0.2) is 5.12 Å². The zero-order valence-electron chi connectivity index (χ0n) is 24.3. The average Bonchev–Trinajstić information content (AvgIpc) is 2.94. The number of hydrogen-bond donors (Lipinski definition) is 3. The Hall–Kier alpha value is -3.12. The molecule has 0 saturated carbocycles. The molecule has 0 unspecified atom stereocenters. The molecule has 3 amide bonds. The second-order valence-corrected chi connectivity index (χ2v) is 11.8. The molecule has 0 aromatic carbocycles. The second kappa shape index (κ2) is 17.6. The lowest BCUT2D eigenvalue weighted by atomic mass is 10.0. The summed E-state index contributed by atoms with van der Waals surface area (Å²) in [6.07, 6.45) is 8.60. The number of carbonyl (C=O) groups excluding carboxylic acids is 5. The van der Waals surface area contributed by atoms with Gasteiger partial charge in [-0.05, 0) is 50.1 Å². The number of thioether (sulfide) groups is 2. The van der Waals surface area contributed by atoms with E-state index in [-0.39, 0.29) is 41.3 Å². The van der Waals surface area contributed by atoms with Crippen molar-refractivity contribution in [3.63, 3.8) is 0 Å². The molecule has 0 saturated heterocycles. The van der Waals surface area contributed by atoms with Gasteiger partial charge in [-0.3, -0.25) is 19.2 Å². The number of nitrogens with zero attached hydrogens (tertiary/aromatic N) is 1. The van der Waals surface area contributed by atoms with Crippen LogP contribution in [-0.2, 0) is 30.5 Å². The fourth-order valence-electron chi connectivity index (χ4n) is 3.75. The number of hydrogen-bond acceptors (Lipinski definition) is 9. The largest absolute Gasteiger partial charge is 0.456 e. The summed E-state index contributed by atoms with van der Waals surface area (Å²) in [5.74, 6) is -2.10. The molecule has 12 heteroatoms. The van der Waals surface area contributed by atoms with Crippen molar-refractivity contribution < 1.29 is 28.7 Å². The quantitative estimate of drug-likeness (QED) is 0.126. The Labute approximate surface area is 250 Å². The van der Waals surface area contributed by atoms with E-state index in [1.54, 1.807) is 45.1 Å². The van der Waals surface area contributed by atoms with E-state index in [9.17, 15) is 24.0 Å². The van der Waals surface area contributed by atoms with Crippen LogP contribution >= 0.6 is 23.5 Å². The first-order valence-electron chi connectivity index (χ1n) is 13.7. The molecule has 0 spiro atoms. The van der Waals surface area contributed by atoms with Crippen molar-refractivity contribution in [1.29, 1.82) is 0 Å². The van der Waals surface area contributed by atoms with Crippen LogP contribution < -0.4 is 16.0 Å². The third-order valence-corrected chi connectivity index (χ3v) is 7.74. The van der Waals surface area contributed by atoms with Crippen molar-refractivity contribution in [3.05, 3.63) is 47.4 Å². The number of aromatic nitrogens is 1. The minimum Gasteiger partial charge on any atom is -0.456 e. The van der Waals surface area contributed by atoms with Crippen LogP contribution in [0.2, 0.25) is 0 Å². The van der Waals surface area contributed by atoms with Crippen molar-refractivity contribution >= 4 is 52.3 Å². The van der Waals surface area contributed by atoms with E-state index in [0.717, 1.165) is 17.7 Å². The zero-order chi connectivity index (χ0) is 30.4. The molecule has 10 nitrogen and oxygen atoms in total. The van der Waals surface area contributed by atoms with E-state index in [2.05, 4.69) is 20.9 Å². The molecular weight excluding hydrogens is 564 g/mol. The van der Waals surface area contributed by atoms with Crippen LogP contribution in [0.5, 0.6) is 0 Å². The monoisotopic (exact) mass is 604 g/mol. The predicted octanol–water partition coefficient (Wildman–Crippen LogP) is 3.91. The first-order valence-corrected chi connectivity index (χ1v) is 15.9. The topological polar surface area (TPSA) is 144 Å². The number of nitrogens with one attached hydrogen (secondary N) is 3. The van der Waals surface area contributed by atoms with Crippen LogP contribution in [0.1, 0.15) is 76.0 Å². The number of cyclic esters (lactones) is 1. The highest BCUT2D eigenvalue weighted by Gasteiger charge is 2.30. The molecule has 2 heterocycles. The fraction of sp³-hybridized carbons (Fsp3) is 0.517. The number of esters is 1. The van der Waals surface area contributed by atoms with Gasteiger partial charge in [0.1, 0.15) is 23.5 Å². The highest BCUT2D eigenvalue weighted by Crippen LogP contribution is 2.18. The van der Waals surface area contributed by atoms with Gasteiger partial charge in [0.25, 0.3) is 11.8 Å². The van der Waals surface area contributed by atoms with Gasteiger partial charge in [-0.2, -0.15) is 0 Å². The van der Waals surface area contributed by atoms with Crippen molar-refractivity contribution in [1.82, 2.24) is 20.9 Å². The lowest BCUT2D eigenvalue weighted by Gasteiger charge is -2.24. The summed E-state index contributed by atoms with van der Waals surface area (Å²) in [5.41, 5.74) is 0.517. The van der Waals surface area contributed by atoms with Gasteiger partial charge >= 0.3 is 5.97 Å². The summed E-state index contributed by atoms with van der Waals surface area (Å²) >= 11 is 2.68. The third-order valence-electron chi connectivity index (χ3n) is 6.06. The van der Waals surface area contributed by atoms with Crippen LogP contribution in [-0.4, -0.2) is 57.9 Å². The molecule has 2 rings (SSSR count). The van der Waals surface area contributed by atoms with E-state index in [4.69, 9.17) is 4.74 Å². The van der Waals surface area contributed by atoms with Gasteiger partial charge in [0.2, 0.25) is 5.91 Å². The van der Waals surface area contributed by atoms with Crippen LogP contribution in [0, 0.1) is 5.92 Å². The highest BCUT2D eigenvalue weighted by molar-refractivity contribution is 8.13. The Morgan fingerprint density at radius 3 is 2.61 bits per heavy atom. The van der Waals surface area contributed by atoms with Crippen molar-refractivity contribution in [2.24, 2.45) is 5.92 Å². The third kappa shape index (κ3) is 11.7. The Morgan fingerprint density at radius 2 is 1.95 bits per heavy atom. The molecule has 2 atom stereocenters. The Bertz CT molecular complexity index is 1170. The lowest BCUT2D eigenvalue weighted by Crippen LogP contribution is -2.48. The Kier molecular flexibility index (Phi) is 14.7. The molecule has 2 bridgehead atoms. The number of amides is 3. The molecule has 1 aliphatic rings. The number of ether oxygens (including phenoxy) is 1. The molecule has 1 aromatic heterocycles. The minimum atomic E-state index is -1.03. The van der Waals surface area contributed by atoms with Gasteiger partial charge in [0, 0.05) is 17.1 Å². The van der Waals surface area contributed by atoms with Gasteiger partial charge in [0.05, 0.1) is 18.7 Å². The van der Waals surface area contributed by atoms with Crippen molar-refractivity contribution in [2.75, 3.05) is 12.0 Å². The van der Waals surface area contributed by atoms with E-state index in [0.29, 0.717) is 24.3 Å². The number of unbranched alkanes of at least 4 members (excludes halogenated alkanes) is 1. The Morgan fingerprint density at radius 1 is 1.20 bits per heavy atom. The number of rotatable bonds is 9. The molecule has 0 radical (unpaired) electrons. The van der Waals surface area contributed by atoms with Crippen molar-refractivity contribution in [2.45, 2.75) is 83.4 Å². The number of fused-ring (bicyclic) bond motifs is 2. The summed E-state index contributed by atoms with van der Waals surface area (Å²) in [6.45, 7) is 7.19. The van der Waals surface area contributed by atoms with Gasteiger partial charge in [-0.1, -0.05) is 51.1 Å². The van der Waals surface area contributed by atoms with Crippen LogP contribution in [0.25, 0.3) is 0 Å². The van der Waals surface area contributed by atoms with Gasteiger partial charge in [-0.15, -0.1) is 11.8 Å². The summed E-state index contributed by atoms with van der Waals surface area (Å²) in [5, 5.41) is 8.15. The predicted molar refractivity (Wildman–Crippen MR) is 161 cm³/mol. The van der Waals surface area contributed by atoms with E-state index in [1.807, 2.05) is 13.2 Å². The normalized spacial score (nSPS) is 20.1. The first kappa shape index (κ1) is 34.1. The molecule has 0 fully saturated rings. The average molecular weight is 605 g/mol. The summed E-state index contributed by atoms with van der Waals surface area (Å²) in [7, 11) is 0. The molecule has 3 N–H and O–H groups in total. The summed E-state index contributed by atoms with van der Waals surface area (Å²) < 4.78 is 5.69. The lowest BCUT2D eigenvalue weighted by molar-refractivity contribution is -0.153. The van der Waals surface area contributed by atoms with Crippen LogP contribution in [0.4, 0.5) is 0 Å². The van der Waals surface area contributed by atoms with Gasteiger partial charge < -0.3 is 20.7 Å². The molecular formula is C29H40N4O6S2. The molecule has 1 aromatic rings. The number of pyridine rings is 1. The summed E-state index contributed by atoms with van der Waals surface area (Å²) in [4.78, 5) is 69.1. The second-order valence-electron chi connectivity index (χ2n) is 9.73. The number of carbonyl (C=O) groups is 5. The zero-order valence-corrected chi connectivity index (χ0v) is 25.9. The smallest absolute Gasteiger partial charge is 0.329 e. The van der Waals surface area contributed by atoms with Crippen molar-refractivity contribution in [3.8, 4) is 0 Å². The first-order chi connectivity index (χ1) is 19.6.